The van der Waals surface area contributed by atoms with E-state index in [1.54, 1.807) is 24.3 Å². The third-order valence-electron chi connectivity index (χ3n) is 3.96. The minimum absolute atomic E-state index is 0.242. The number of benzene rings is 2. The first-order valence-corrected chi connectivity index (χ1v) is 7.28. The van der Waals surface area contributed by atoms with Crippen molar-refractivity contribution in [2.75, 3.05) is 5.32 Å². The lowest BCUT2D eigenvalue weighted by Crippen LogP contribution is -2.38. The van der Waals surface area contributed by atoms with Gasteiger partial charge in [-0.05, 0) is 43.5 Å². The van der Waals surface area contributed by atoms with Crippen molar-refractivity contribution in [3.63, 3.8) is 0 Å². The van der Waals surface area contributed by atoms with Gasteiger partial charge < -0.3 is 10.6 Å². The maximum atomic E-state index is 12.2. The average molecular weight is 291 g/mol. The summed E-state index contributed by atoms with van der Waals surface area (Å²) in [5, 5.41) is 14.7. The number of aryl methyl sites for hydroxylation is 1. The van der Waals surface area contributed by atoms with E-state index in [1.165, 1.54) is 5.56 Å². The molecule has 0 saturated heterocycles. The maximum Gasteiger partial charge on any atom is 0.319 e. The number of amides is 2. The summed E-state index contributed by atoms with van der Waals surface area (Å²) >= 11 is 0. The van der Waals surface area contributed by atoms with Crippen LogP contribution >= 0.6 is 0 Å². The first-order chi connectivity index (χ1) is 10.6. The van der Waals surface area contributed by atoms with Crippen LogP contribution in [0.2, 0.25) is 0 Å². The highest BCUT2D eigenvalue weighted by Crippen LogP contribution is 2.45. The molecule has 0 radical (unpaired) electrons. The van der Waals surface area contributed by atoms with E-state index in [0.717, 1.165) is 18.4 Å². The summed E-state index contributed by atoms with van der Waals surface area (Å²) < 4.78 is 0. The second kappa shape index (κ2) is 5.53. The molecule has 1 fully saturated rings. The molecule has 1 aliphatic rings. The number of anilines is 1. The van der Waals surface area contributed by atoms with Crippen molar-refractivity contribution in [1.82, 2.24) is 5.32 Å². The third kappa shape index (κ3) is 2.94. The van der Waals surface area contributed by atoms with Crippen LogP contribution in [0.15, 0.2) is 48.5 Å². The van der Waals surface area contributed by atoms with Gasteiger partial charge in [-0.3, -0.25) is 0 Å². The molecular formula is C18H17N3O. The van der Waals surface area contributed by atoms with Crippen molar-refractivity contribution < 1.29 is 4.79 Å². The van der Waals surface area contributed by atoms with Crippen LogP contribution in [-0.2, 0) is 5.54 Å². The van der Waals surface area contributed by atoms with Gasteiger partial charge >= 0.3 is 6.03 Å². The molecule has 110 valence electrons. The molecule has 2 N–H and O–H groups in total. The van der Waals surface area contributed by atoms with Crippen LogP contribution in [0.3, 0.4) is 0 Å². The first kappa shape index (κ1) is 14.2. The van der Waals surface area contributed by atoms with Crippen LogP contribution < -0.4 is 10.6 Å². The van der Waals surface area contributed by atoms with Crippen molar-refractivity contribution in [3.8, 4) is 6.07 Å². The zero-order chi connectivity index (χ0) is 15.6. The van der Waals surface area contributed by atoms with E-state index >= 15 is 0 Å². The molecule has 1 aliphatic carbocycles. The number of nitriles is 1. The van der Waals surface area contributed by atoms with E-state index in [4.69, 9.17) is 5.26 Å². The van der Waals surface area contributed by atoms with E-state index in [2.05, 4.69) is 41.0 Å². The molecule has 3 rings (SSSR count). The fourth-order valence-electron chi connectivity index (χ4n) is 2.53. The van der Waals surface area contributed by atoms with Gasteiger partial charge in [0.1, 0.15) is 0 Å². The number of urea groups is 1. The van der Waals surface area contributed by atoms with Crippen LogP contribution in [0.25, 0.3) is 0 Å². The SMILES string of the molecule is Cc1ccc(C2(NC(=O)Nc3cccc(C#N)c3)CC2)cc1. The molecule has 0 aliphatic heterocycles. The van der Waals surface area contributed by atoms with Crippen molar-refractivity contribution in [2.24, 2.45) is 0 Å². The second-order valence-corrected chi connectivity index (χ2v) is 5.72. The van der Waals surface area contributed by atoms with Gasteiger partial charge in [-0.25, -0.2) is 4.79 Å². The van der Waals surface area contributed by atoms with Crippen LogP contribution in [0.4, 0.5) is 10.5 Å². The van der Waals surface area contributed by atoms with E-state index < -0.39 is 0 Å². The molecule has 22 heavy (non-hydrogen) atoms. The molecule has 0 aromatic heterocycles. The quantitative estimate of drug-likeness (QED) is 0.906. The molecule has 2 aromatic carbocycles. The minimum atomic E-state index is -0.245. The predicted molar refractivity (Wildman–Crippen MR) is 85.4 cm³/mol. The van der Waals surface area contributed by atoms with E-state index in [0.29, 0.717) is 11.3 Å². The summed E-state index contributed by atoms with van der Waals surface area (Å²) in [4.78, 5) is 12.2. The molecule has 1 saturated carbocycles. The fraction of sp³-hybridized carbons (Fsp3) is 0.222. The summed E-state index contributed by atoms with van der Waals surface area (Å²) in [5.74, 6) is 0. The number of hydrogen-bond acceptors (Lipinski definition) is 2. The minimum Gasteiger partial charge on any atom is -0.328 e. The number of nitrogens with one attached hydrogen (secondary N) is 2. The van der Waals surface area contributed by atoms with Gasteiger partial charge in [0, 0.05) is 5.69 Å². The highest BCUT2D eigenvalue weighted by atomic mass is 16.2. The Balaban J connectivity index is 1.69. The van der Waals surface area contributed by atoms with Gasteiger partial charge in [0.2, 0.25) is 0 Å². The van der Waals surface area contributed by atoms with Crippen molar-refractivity contribution in [2.45, 2.75) is 25.3 Å². The summed E-state index contributed by atoms with van der Waals surface area (Å²) in [6, 6.07) is 17.0. The van der Waals surface area contributed by atoms with Crippen LogP contribution in [-0.4, -0.2) is 6.03 Å². The Kier molecular flexibility index (Phi) is 3.56. The van der Waals surface area contributed by atoms with Crippen molar-refractivity contribution in [1.29, 1.82) is 5.26 Å². The highest BCUT2D eigenvalue weighted by molar-refractivity contribution is 5.90. The van der Waals surface area contributed by atoms with Crippen molar-refractivity contribution in [3.05, 3.63) is 65.2 Å². The fourth-order valence-corrected chi connectivity index (χ4v) is 2.53. The van der Waals surface area contributed by atoms with Crippen molar-refractivity contribution >= 4 is 11.7 Å². The monoisotopic (exact) mass is 291 g/mol. The summed E-state index contributed by atoms with van der Waals surface area (Å²) in [6.07, 6.45) is 1.89. The van der Waals surface area contributed by atoms with Gasteiger partial charge in [-0.2, -0.15) is 5.26 Å². The Morgan fingerprint density at radius 1 is 1.18 bits per heavy atom. The molecule has 0 heterocycles. The molecule has 4 nitrogen and oxygen atoms in total. The molecule has 0 spiro atoms. The summed E-state index contributed by atoms with van der Waals surface area (Å²) in [7, 11) is 0. The van der Waals surface area contributed by atoms with E-state index in [-0.39, 0.29) is 11.6 Å². The second-order valence-electron chi connectivity index (χ2n) is 5.72. The Bertz CT molecular complexity index is 740. The lowest BCUT2D eigenvalue weighted by molar-refractivity contribution is 0.247. The molecule has 0 unspecified atom stereocenters. The Labute approximate surface area is 129 Å². The number of nitrogens with zero attached hydrogens (tertiary/aromatic N) is 1. The Hall–Kier alpha value is -2.80. The smallest absolute Gasteiger partial charge is 0.319 e. The third-order valence-corrected chi connectivity index (χ3v) is 3.96. The Morgan fingerprint density at radius 3 is 2.55 bits per heavy atom. The van der Waals surface area contributed by atoms with Crippen LogP contribution in [0.1, 0.15) is 29.5 Å². The van der Waals surface area contributed by atoms with E-state index in [9.17, 15) is 4.79 Å². The molecule has 2 amide bonds. The lowest BCUT2D eigenvalue weighted by atomic mass is 10.0. The number of rotatable bonds is 3. The van der Waals surface area contributed by atoms with Crippen LogP contribution in [0, 0.1) is 18.3 Å². The number of hydrogen-bond donors (Lipinski definition) is 2. The maximum absolute atomic E-state index is 12.2. The standard InChI is InChI=1S/C18H17N3O/c1-13-5-7-15(8-6-13)18(9-10-18)21-17(22)20-16-4-2-3-14(11-16)12-19/h2-8,11H,9-10H2,1H3,(H2,20,21,22). The van der Waals surface area contributed by atoms with E-state index in [1.807, 2.05) is 6.92 Å². The zero-order valence-corrected chi connectivity index (χ0v) is 12.4. The number of carbonyl (C=O) groups excluding carboxylic acids is 1. The van der Waals surface area contributed by atoms with Gasteiger partial charge in [0.25, 0.3) is 0 Å². The predicted octanol–water partition coefficient (Wildman–Crippen LogP) is 3.68. The summed E-state index contributed by atoms with van der Waals surface area (Å²) in [5.41, 5.74) is 3.25. The average Bonchev–Trinajstić information content (AvgIpc) is 3.28. The topological polar surface area (TPSA) is 64.9 Å². The van der Waals surface area contributed by atoms with Crippen LogP contribution in [0.5, 0.6) is 0 Å². The van der Waals surface area contributed by atoms with Gasteiger partial charge in [0.05, 0.1) is 17.2 Å². The molecule has 2 aromatic rings. The molecule has 0 bridgehead atoms. The lowest BCUT2D eigenvalue weighted by Gasteiger charge is -2.18. The molecule has 0 atom stereocenters. The zero-order valence-electron chi connectivity index (χ0n) is 12.4. The largest absolute Gasteiger partial charge is 0.328 e. The molecular weight excluding hydrogens is 274 g/mol. The summed E-state index contributed by atoms with van der Waals surface area (Å²) in [6.45, 7) is 2.05. The number of carbonyl (C=O) groups is 1. The normalized spacial score (nSPS) is 14.7. The van der Waals surface area contributed by atoms with Gasteiger partial charge in [0.15, 0.2) is 0 Å². The highest BCUT2D eigenvalue weighted by Gasteiger charge is 2.45. The van der Waals surface area contributed by atoms with Gasteiger partial charge in [-0.15, -0.1) is 0 Å². The first-order valence-electron chi connectivity index (χ1n) is 7.28. The van der Waals surface area contributed by atoms with Gasteiger partial charge in [-0.1, -0.05) is 35.9 Å². The Morgan fingerprint density at radius 2 is 1.91 bits per heavy atom. The molecule has 4 heteroatoms.